The Morgan fingerprint density at radius 3 is 2.27 bits per heavy atom. The SMILES string of the molecule is FC(F)(F)c1cccc(C2ON(C3CC3)CN2C(F)(F)F)c1. The molecular formula is C13H12F6N2O. The van der Waals surface area contributed by atoms with Gasteiger partial charge in [-0.3, -0.25) is 4.84 Å². The molecule has 1 aromatic carbocycles. The molecule has 0 bridgehead atoms. The standard InChI is InChI=1S/C13H12F6N2O/c14-12(15,16)9-3-1-2-8(6-9)11-20(13(17,18)19)7-21(22-11)10-4-5-10/h1-3,6,10-11H,4-5,7H2. The molecule has 1 aromatic rings. The maximum absolute atomic E-state index is 13.1. The van der Waals surface area contributed by atoms with Crippen LogP contribution in [0.15, 0.2) is 24.3 Å². The van der Waals surface area contributed by atoms with Crippen LogP contribution < -0.4 is 0 Å². The molecule has 3 nitrogen and oxygen atoms in total. The van der Waals surface area contributed by atoms with Crippen molar-refractivity contribution in [1.29, 1.82) is 0 Å². The predicted octanol–water partition coefficient (Wildman–Crippen LogP) is 3.89. The summed E-state index contributed by atoms with van der Waals surface area (Å²) in [6.07, 6.45) is -9.46. The van der Waals surface area contributed by atoms with Crippen molar-refractivity contribution in [2.75, 3.05) is 6.67 Å². The van der Waals surface area contributed by atoms with E-state index in [1.165, 1.54) is 11.1 Å². The molecule has 122 valence electrons. The van der Waals surface area contributed by atoms with Crippen LogP contribution in [0.1, 0.15) is 30.2 Å². The zero-order valence-electron chi connectivity index (χ0n) is 11.2. The second-order valence-electron chi connectivity index (χ2n) is 5.31. The summed E-state index contributed by atoms with van der Waals surface area (Å²) in [4.78, 5) is 5.35. The Hall–Kier alpha value is -1.32. The van der Waals surface area contributed by atoms with E-state index in [0.717, 1.165) is 25.0 Å². The molecule has 2 fully saturated rings. The van der Waals surface area contributed by atoms with Crippen LogP contribution in [0.3, 0.4) is 0 Å². The summed E-state index contributed by atoms with van der Waals surface area (Å²) in [5, 5.41) is 1.19. The van der Waals surface area contributed by atoms with E-state index in [1.807, 2.05) is 0 Å². The van der Waals surface area contributed by atoms with E-state index in [4.69, 9.17) is 4.84 Å². The third-order valence-corrected chi connectivity index (χ3v) is 3.59. The van der Waals surface area contributed by atoms with Gasteiger partial charge in [0.05, 0.1) is 12.2 Å². The first-order chi connectivity index (χ1) is 10.2. The highest BCUT2D eigenvalue weighted by Crippen LogP contribution is 2.43. The van der Waals surface area contributed by atoms with Gasteiger partial charge in [-0.2, -0.15) is 36.3 Å². The van der Waals surface area contributed by atoms with Gasteiger partial charge in [-0.05, 0) is 30.5 Å². The molecule has 0 amide bonds. The first-order valence-electron chi connectivity index (χ1n) is 6.60. The lowest BCUT2D eigenvalue weighted by molar-refractivity contribution is -0.269. The average Bonchev–Trinajstić information content (AvgIpc) is 3.15. The van der Waals surface area contributed by atoms with Crippen molar-refractivity contribution in [2.24, 2.45) is 0 Å². The lowest BCUT2D eigenvalue weighted by atomic mass is 10.1. The summed E-state index contributed by atoms with van der Waals surface area (Å²) in [6.45, 7) is -0.505. The maximum atomic E-state index is 13.1. The summed E-state index contributed by atoms with van der Waals surface area (Å²) in [5.41, 5.74) is -1.17. The molecule has 0 aromatic heterocycles. The largest absolute Gasteiger partial charge is 0.463 e. The summed E-state index contributed by atoms with van der Waals surface area (Å²) in [6, 6.07) is 3.69. The summed E-state index contributed by atoms with van der Waals surface area (Å²) in [7, 11) is 0. The van der Waals surface area contributed by atoms with Crippen molar-refractivity contribution in [1.82, 2.24) is 9.96 Å². The quantitative estimate of drug-likeness (QED) is 0.606. The van der Waals surface area contributed by atoms with E-state index in [9.17, 15) is 26.3 Å². The molecule has 22 heavy (non-hydrogen) atoms. The third kappa shape index (κ3) is 3.06. The van der Waals surface area contributed by atoms with Crippen molar-refractivity contribution in [2.45, 2.75) is 37.6 Å². The van der Waals surface area contributed by atoms with E-state index in [-0.39, 0.29) is 16.5 Å². The van der Waals surface area contributed by atoms with Crippen LogP contribution in [-0.4, -0.2) is 29.0 Å². The van der Waals surface area contributed by atoms with Crippen LogP contribution in [0.5, 0.6) is 0 Å². The predicted molar refractivity (Wildman–Crippen MR) is 62.9 cm³/mol. The molecule has 2 aliphatic rings. The number of benzene rings is 1. The number of halogens is 6. The first-order valence-corrected chi connectivity index (χ1v) is 6.60. The van der Waals surface area contributed by atoms with Crippen molar-refractivity contribution in [3.05, 3.63) is 35.4 Å². The van der Waals surface area contributed by atoms with Gasteiger partial charge in [0.15, 0.2) is 6.23 Å². The van der Waals surface area contributed by atoms with Crippen molar-refractivity contribution in [3.8, 4) is 0 Å². The van der Waals surface area contributed by atoms with Gasteiger partial charge in [-0.1, -0.05) is 12.1 Å². The van der Waals surface area contributed by atoms with Gasteiger partial charge in [0, 0.05) is 6.04 Å². The molecule has 0 radical (unpaired) electrons. The molecule has 3 rings (SSSR count). The van der Waals surface area contributed by atoms with Crippen molar-refractivity contribution < 1.29 is 31.2 Å². The Balaban J connectivity index is 1.90. The lowest BCUT2D eigenvalue weighted by Gasteiger charge is -2.24. The Labute approximate surface area is 122 Å². The second-order valence-corrected chi connectivity index (χ2v) is 5.31. The number of hydroxylamine groups is 2. The van der Waals surface area contributed by atoms with Gasteiger partial charge in [0.2, 0.25) is 0 Å². The molecule has 0 N–H and O–H groups in total. The smallest absolute Gasteiger partial charge is 0.273 e. The van der Waals surface area contributed by atoms with Crippen molar-refractivity contribution in [3.63, 3.8) is 0 Å². The Bertz CT molecular complexity index is 554. The van der Waals surface area contributed by atoms with E-state index in [1.54, 1.807) is 0 Å². The molecular weight excluding hydrogens is 314 g/mol. The van der Waals surface area contributed by atoms with E-state index >= 15 is 0 Å². The zero-order chi connectivity index (χ0) is 16.1. The summed E-state index contributed by atoms with van der Waals surface area (Å²) < 4.78 is 77.4. The summed E-state index contributed by atoms with van der Waals surface area (Å²) >= 11 is 0. The number of hydrogen-bond donors (Lipinski definition) is 0. The molecule has 1 unspecified atom stereocenters. The third-order valence-electron chi connectivity index (χ3n) is 3.59. The molecule has 9 heteroatoms. The Morgan fingerprint density at radius 2 is 1.73 bits per heavy atom. The molecule has 1 aliphatic heterocycles. The first kappa shape index (κ1) is 15.6. The number of alkyl halides is 6. The van der Waals surface area contributed by atoms with E-state index in [0.29, 0.717) is 6.07 Å². The fourth-order valence-electron chi connectivity index (χ4n) is 2.33. The van der Waals surface area contributed by atoms with Gasteiger partial charge >= 0.3 is 12.5 Å². The van der Waals surface area contributed by atoms with Gasteiger partial charge < -0.3 is 0 Å². The fraction of sp³-hybridized carbons (Fsp3) is 0.538. The van der Waals surface area contributed by atoms with Gasteiger partial charge in [-0.15, -0.1) is 0 Å². The summed E-state index contributed by atoms with van der Waals surface area (Å²) in [5.74, 6) is 0. The number of nitrogens with zero attached hydrogens (tertiary/aromatic N) is 2. The van der Waals surface area contributed by atoms with Gasteiger partial charge in [-0.25, -0.2) is 0 Å². The molecule has 1 heterocycles. The minimum Gasteiger partial charge on any atom is -0.273 e. The molecule has 1 saturated heterocycles. The average molecular weight is 326 g/mol. The van der Waals surface area contributed by atoms with Crippen LogP contribution in [-0.2, 0) is 11.0 Å². The van der Waals surface area contributed by atoms with Crippen LogP contribution in [0.4, 0.5) is 26.3 Å². The topological polar surface area (TPSA) is 15.7 Å². The number of hydrogen-bond acceptors (Lipinski definition) is 3. The Kier molecular flexibility index (Phi) is 3.61. The van der Waals surface area contributed by atoms with Gasteiger partial charge in [0.1, 0.15) is 0 Å². The number of rotatable bonds is 2. The van der Waals surface area contributed by atoms with Gasteiger partial charge in [0.25, 0.3) is 0 Å². The van der Waals surface area contributed by atoms with Crippen LogP contribution >= 0.6 is 0 Å². The molecule has 1 aliphatic carbocycles. The Morgan fingerprint density at radius 1 is 1.05 bits per heavy atom. The molecule has 1 saturated carbocycles. The highest BCUT2D eigenvalue weighted by Gasteiger charge is 2.51. The molecule has 1 atom stereocenters. The molecule has 0 spiro atoms. The van der Waals surface area contributed by atoms with E-state index in [2.05, 4.69) is 0 Å². The van der Waals surface area contributed by atoms with Crippen LogP contribution in [0.2, 0.25) is 0 Å². The highest BCUT2D eigenvalue weighted by atomic mass is 19.4. The monoisotopic (exact) mass is 326 g/mol. The van der Waals surface area contributed by atoms with Crippen LogP contribution in [0, 0.1) is 0 Å². The minimum atomic E-state index is -4.69. The minimum absolute atomic E-state index is 0.0966. The fourth-order valence-corrected chi connectivity index (χ4v) is 2.33. The normalized spacial score (nSPS) is 24.9. The van der Waals surface area contributed by atoms with E-state index < -0.39 is 30.9 Å². The lowest BCUT2D eigenvalue weighted by Crippen LogP contribution is -2.39. The highest BCUT2D eigenvalue weighted by molar-refractivity contribution is 5.27. The maximum Gasteiger partial charge on any atom is 0.463 e. The second kappa shape index (κ2) is 5.10. The van der Waals surface area contributed by atoms with Crippen LogP contribution in [0.25, 0.3) is 0 Å². The zero-order valence-corrected chi connectivity index (χ0v) is 11.2. The van der Waals surface area contributed by atoms with Crippen molar-refractivity contribution >= 4 is 0 Å².